The summed E-state index contributed by atoms with van der Waals surface area (Å²) in [5.74, 6) is -2.12. The van der Waals surface area contributed by atoms with E-state index in [-0.39, 0.29) is 24.3 Å². The molecule has 3 rings (SSSR count). The van der Waals surface area contributed by atoms with Crippen LogP contribution in [-0.2, 0) is 25.6 Å². The maximum atomic E-state index is 13.5. The highest BCUT2D eigenvalue weighted by molar-refractivity contribution is 5.94. The Morgan fingerprint density at radius 2 is 1.77 bits per heavy atom. The first kappa shape index (κ1) is 26.6. The summed E-state index contributed by atoms with van der Waals surface area (Å²) < 4.78 is 0. The number of carboxylic acid groups (broad SMARTS) is 1. The number of likely N-dealkylation sites (tertiary alicyclic amines) is 1. The average Bonchev–Trinajstić information content (AvgIpc) is 3.56. The Bertz CT molecular complexity index is 874. The van der Waals surface area contributed by atoms with Crippen molar-refractivity contribution in [1.29, 1.82) is 0 Å². The summed E-state index contributed by atoms with van der Waals surface area (Å²) in [6.07, 6.45) is 4.70. The Morgan fingerprint density at radius 3 is 2.43 bits per heavy atom. The molecule has 10 heteroatoms. The largest absolute Gasteiger partial charge is 0.480 e. The van der Waals surface area contributed by atoms with Gasteiger partial charge in [-0.15, -0.1) is 0 Å². The molecular formula is C25H37N5O5. The van der Waals surface area contributed by atoms with Gasteiger partial charge in [-0.05, 0) is 63.6 Å². The zero-order valence-electron chi connectivity index (χ0n) is 20.1. The first-order chi connectivity index (χ1) is 16.9. The van der Waals surface area contributed by atoms with Crippen LogP contribution < -0.4 is 21.7 Å². The number of aliphatic carboxylic acids is 1. The van der Waals surface area contributed by atoms with Gasteiger partial charge in [0.05, 0.1) is 6.04 Å². The minimum atomic E-state index is -1.13. The van der Waals surface area contributed by atoms with Gasteiger partial charge < -0.3 is 31.7 Å². The number of unbranched alkanes of at least 4 members (excludes halogenated alkanes) is 1. The first-order valence-electron chi connectivity index (χ1n) is 12.5. The molecule has 35 heavy (non-hydrogen) atoms. The smallest absolute Gasteiger partial charge is 0.326 e. The predicted molar refractivity (Wildman–Crippen MR) is 130 cm³/mol. The van der Waals surface area contributed by atoms with Crippen molar-refractivity contribution < 1.29 is 24.3 Å². The third kappa shape index (κ3) is 7.50. The molecule has 2 fully saturated rings. The Morgan fingerprint density at radius 1 is 1.03 bits per heavy atom. The molecule has 2 heterocycles. The topological polar surface area (TPSA) is 154 Å². The molecule has 0 spiro atoms. The van der Waals surface area contributed by atoms with E-state index < -0.39 is 30.0 Å². The highest BCUT2D eigenvalue weighted by Crippen LogP contribution is 2.21. The number of hydrogen-bond donors (Lipinski definition) is 5. The number of rotatable bonds is 12. The van der Waals surface area contributed by atoms with E-state index in [9.17, 15) is 24.3 Å². The number of nitrogens with zero attached hydrogens (tertiary/aromatic N) is 1. The second-order valence-corrected chi connectivity index (χ2v) is 9.27. The molecule has 2 saturated heterocycles. The fourth-order valence-corrected chi connectivity index (χ4v) is 4.75. The van der Waals surface area contributed by atoms with Crippen molar-refractivity contribution in [2.75, 3.05) is 19.6 Å². The maximum Gasteiger partial charge on any atom is 0.326 e. The normalized spacial score (nSPS) is 21.3. The van der Waals surface area contributed by atoms with E-state index in [0.717, 1.165) is 31.4 Å². The quantitative estimate of drug-likeness (QED) is 0.263. The van der Waals surface area contributed by atoms with Gasteiger partial charge in [-0.25, -0.2) is 4.79 Å². The molecule has 6 N–H and O–H groups in total. The van der Waals surface area contributed by atoms with Gasteiger partial charge in [-0.3, -0.25) is 14.4 Å². The second-order valence-electron chi connectivity index (χ2n) is 9.27. The molecule has 0 bridgehead atoms. The summed E-state index contributed by atoms with van der Waals surface area (Å²) in [7, 11) is 0. The van der Waals surface area contributed by atoms with Crippen molar-refractivity contribution in [2.45, 2.75) is 75.5 Å². The molecule has 0 aromatic heterocycles. The minimum absolute atomic E-state index is 0.148. The van der Waals surface area contributed by atoms with Gasteiger partial charge in [0, 0.05) is 13.0 Å². The van der Waals surface area contributed by atoms with Gasteiger partial charge in [0.2, 0.25) is 17.7 Å². The molecule has 0 aliphatic carbocycles. The van der Waals surface area contributed by atoms with Crippen LogP contribution in [0, 0.1) is 0 Å². The van der Waals surface area contributed by atoms with Crippen molar-refractivity contribution in [3.63, 3.8) is 0 Å². The van der Waals surface area contributed by atoms with Crippen LogP contribution in [0.5, 0.6) is 0 Å². The van der Waals surface area contributed by atoms with Crippen LogP contribution in [0.2, 0.25) is 0 Å². The lowest BCUT2D eigenvalue weighted by Gasteiger charge is -2.30. The number of carboxylic acids is 1. The fraction of sp³-hybridized carbons (Fsp3) is 0.600. The van der Waals surface area contributed by atoms with Gasteiger partial charge in [0.25, 0.3) is 0 Å². The summed E-state index contributed by atoms with van der Waals surface area (Å²) >= 11 is 0. The van der Waals surface area contributed by atoms with Crippen LogP contribution in [0.25, 0.3) is 0 Å². The van der Waals surface area contributed by atoms with E-state index in [1.165, 1.54) is 4.90 Å². The summed E-state index contributed by atoms with van der Waals surface area (Å²) in [6, 6.07) is 6.15. The number of amides is 3. The highest BCUT2D eigenvalue weighted by Gasteiger charge is 2.39. The third-order valence-electron chi connectivity index (χ3n) is 6.67. The van der Waals surface area contributed by atoms with E-state index in [0.29, 0.717) is 38.8 Å². The number of carbonyl (C=O) groups excluding carboxylic acids is 3. The van der Waals surface area contributed by atoms with Crippen LogP contribution in [0.1, 0.15) is 50.5 Å². The molecular weight excluding hydrogens is 450 g/mol. The van der Waals surface area contributed by atoms with Crippen LogP contribution in [0.4, 0.5) is 0 Å². The van der Waals surface area contributed by atoms with Crippen LogP contribution in [0.15, 0.2) is 30.3 Å². The van der Waals surface area contributed by atoms with Crippen molar-refractivity contribution in [2.24, 2.45) is 5.73 Å². The summed E-state index contributed by atoms with van der Waals surface area (Å²) in [6.45, 7) is 1.65. The Kier molecular flexibility index (Phi) is 10.0. The van der Waals surface area contributed by atoms with Crippen LogP contribution in [-0.4, -0.2) is 77.5 Å². The van der Waals surface area contributed by atoms with E-state index in [2.05, 4.69) is 16.0 Å². The molecule has 1 aromatic rings. The van der Waals surface area contributed by atoms with E-state index >= 15 is 0 Å². The van der Waals surface area contributed by atoms with Gasteiger partial charge in [0.1, 0.15) is 18.1 Å². The molecule has 2 aliphatic rings. The molecule has 3 amide bonds. The zero-order chi connectivity index (χ0) is 25.2. The Hall–Kier alpha value is -2.98. The SMILES string of the molecule is NCCCCC(NC(=O)C1CCCN1)C(=O)N1CCCC1C(=O)NC(Cc1ccccc1)C(=O)O. The van der Waals surface area contributed by atoms with Gasteiger partial charge in [0.15, 0.2) is 0 Å². The lowest BCUT2D eigenvalue weighted by molar-refractivity contribution is -0.145. The number of nitrogens with two attached hydrogens (primary N) is 1. The maximum absolute atomic E-state index is 13.5. The standard InChI is InChI=1S/C25H37N5O5/c26-13-5-4-10-19(28-22(31)18-11-6-14-27-18)24(33)30-15-7-12-21(30)23(32)29-20(25(34)35)16-17-8-2-1-3-9-17/h1-3,8-9,18-21,27H,4-7,10-16,26H2,(H,28,31)(H,29,32)(H,34,35). The number of nitrogens with one attached hydrogen (secondary N) is 3. The van der Waals surface area contributed by atoms with Gasteiger partial charge >= 0.3 is 5.97 Å². The third-order valence-corrected chi connectivity index (χ3v) is 6.67. The first-order valence-corrected chi connectivity index (χ1v) is 12.5. The average molecular weight is 488 g/mol. The molecule has 0 radical (unpaired) electrons. The van der Waals surface area contributed by atoms with Crippen molar-refractivity contribution in [3.05, 3.63) is 35.9 Å². The molecule has 10 nitrogen and oxygen atoms in total. The number of hydrogen-bond acceptors (Lipinski definition) is 6. The van der Waals surface area contributed by atoms with Crippen molar-refractivity contribution in [3.8, 4) is 0 Å². The van der Waals surface area contributed by atoms with E-state index in [1.807, 2.05) is 18.2 Å². The lowest BCUT2D eigenvalue weighted by Crippen LogP contribution is -2.56. The van der Waals surface area contributed by atoms with Crippen molar-refractivity contribution in [1.82, 2.24) is 20.9 Å². The molecule has 4 unspecified atom stereocenters. The van der Waals surface area contributed by atoms with Gasteiger partial charge in [-0.2, -0.15) is 0 Å². The fourth-order valence-electron chi connectivity index (χ4n) is 4.75. The minimum Gasteiger partial charge on any atom is -0.480 e. The van der Waals surface area contributed by atoms with E-state index in [1.54, 1.807) is 12.1 Å². The zero-order valence-corrected chi connectivity index (χ0v) is 20.1. The second kappa shape index (κ2) is 13.2. The molecule has 1 aromatic carbocycles. The van der Waals surface area contributed by atoms with Crippen molar-refractivity contribution >= 4 is 23.7 Å². The molecule has 2 aliphatic heterocycles. The van der Waals surface area contributed by atoms with Crippen LogP contribution in [0.3, 0.4) is 0 Å². The monoisotopic (exact) mass is 487 g/mol. The summed E-state index contributed by atoms with van der Waals surface area (Å²) in [5.41, 5.74) is 6.40. The lowest BCUT2D eigenvalue weighted by atomic mass is 10.0. The number of carbonyl (C=O) groups is 4. The van der Waals surface area contributed by atoms with E-state index in [4.69, 9.17) is 5.73 Å². The summed E-state index contributed by atoms with van der Waals surface area (Å²) in [4.78, 5) is 52.6. The molecule has 0 saturated carbocycles. The summed E-state index contributed by atoms with van der Waals surface area (Å²) in [5, 5.41) is 18.3. The number of benzene rings is 1. The molecule has 192 valence electrons. The Labute approximate surface area is 206 Å². The van der Waals surface area contributed by atoms with Gasteiger partial charge in [-0.1, -0.05) is 30.3 Å². The van der Waals surface area contributed by atoms with Crippen LogP contribution >= 0.6 is 0 Å². The predicted octanol–water partition coefficient (Wildman–Crippen LogP) is 0.155. The molecule has 4 atom stereocenters. The highest BCUT2D eigenvalue weighted by atomic mass is 16.4. The Balaban J connectivity index is 1.66.